The molecule has 0 saturated heterocycles. The van der Waals surface area contributed by atoms with Gasteiger partial charge in [0.05, 0.1) is 22.1 Å². The van der Waals surface area contributed by atoms with Gasteiger partial charge < -0.3 is 15.5 Å². The zero-order valence-electron chi connectivity index (χ0n) is 8.13. The standard InChI is InChI=1S/C8H10BrN3O4/c9-6-2-10-3-7(12(15)16)8(6)11-1-5(14)4-13/h2-3,5,13-14H,1,4H2,(H,10,11). The predicted molar refractivity (Wildman–Crippen MR) is 60.2 cm³/mol. The van der Waals surface area contributed by atoms with Gasteiger partial charge >= 0.3 is 5.69 Å². The zero-order valence-corrected chi connectivity index (χ0v) is 9.72. The van der Waals surface area contributed by atoms with Crippen LogP contribution >= 0.6 is 15.9 Å². The fourth-order valence-corrected chi connectivity index (χ4v) is 1.48. The lowest BCUT2D eigenvalue weighted by Gasteiger charge is -2.11. The van der Waals surface area contributed by atoms with Gasteiger partial charge in [0.1, 0.15) is 11.9 Å². The first-order valence-electron chi connectivity index (χ1n) is 4.37. The second-order valence-electron chi connectivity index (χ2n) is 2.99. The Morgan fingerprint density at radius 3 is 2.88 bits per heavy atom. The molecule has 1 heterocycles. The van der Waals surface area contributed by atoms with Gasteiger partial charge in [0.25, 0.3) is 0 Å². The van der Waals surface area contributed by atoms with Crippen molar-refractivity contribution in [2.24, 2.45) is 0 Å². The summed E-state index contributed by atoms with van der Waals surface area (Å²) in [5, 5.41) is 31.1. The highest BCUT2D eigenvalue weighted by Gasteiger charge is 2.17. The fourth-order valence-electron chi connectivity index (χ4n) is 1.02. The molecule has 7 nitrogen and oxygen atoms in total. The number of aliphatic hydroxyl groups excluding tert-OH is 2. The Hall–Kier alpha value is -1.25. The van der Waals surface area contributed by atoms with E-state index in [1.165, 1.54) is 6.20 Å². The van der Waals surface area contributed by atoms with Crippen molar-refractivity contribution >= 4 is 27.3 Å². The number of anilines is 1. The summed E-state index contributed by atoms with van der Waals surface area (Å²) in [6, 6.07) is 0. The van der Waals surface area contributed by atoms with Gasteiger partial charge in [-0.25, -0.2) is 0 Å². The highest BCUT2D eigenvalue weighted by atomic mass is 79.9. The lowest BCUT2D eigenvalue weighted by molar-refractivity contribution is -0.384. The molecule has 0 saturated carbocycles. The number of nitro groups is 1. The van der Waals surface area contributed by atoms with Gasteiger partial charge in [-0.15, -0.1) is 0 Å². The van der Waals surface area contributed by atoms with Crippen LogP contribution in [0.3, 0.4) is 0 Å². The Labute approximate surface area is 99.4 Å². The SMILES string of the molecule is O=[N+]([O-])c1cncc(Br)c1NCC(O)CO. The van der Waals surface area contributed by atoms with Crippen LogP contribution in [0.25, 0.3) is 0 Å². The minimum absolute atomic E-state index is 0.0138. The number of aliphatic hydroxyl groups is 2. The Kier molecular flexibility index (Phi) is 4.59. The van der Waals surface area contributed by atoms with E-state index in [2.05, 4.69) is 26.2 Å². The molecule has 0 aliphatic rings. The minimum Gasteiger partial charge on any atom is -0.394 e. The third-order valence-electron chi connectivity index (χ3n) is 1.80. The molecule has 88 valence electrons. The summed E-state index contributed by atoms with van der Waals surface area (Å²) in [5.41, 5.74) is 0.0343. The van der Waals surface area contributed by atoms with Crippen molar-refractivity contribution < 1.29 is 15.1 Å². The van der Waals surface area contributed by atoms with Gasteiger partial charge in [0.15, 0.2) is 0 Å². The summed E-state index contributed by atoms with van der Waals surface area (Å²) in [5.74, 6) is 0. The van der Waals surface area contributed by atoms with Crippen molar-refractivity contribution in [1.82, 2.24) is 4.98 Å². The van der Waals surface area contributed by atoms with E-state index >= 15 is 0 Å². The van der Waals surface area contributed by atoms with E-state index in [0.29, 0.717) is 4.47 Å². The normalized spacial score (nSPS) is 12.2. The molecule has 0 aromatic carbocycles. The van der Waals surface area contributed by atoms with E-state index in [1.807, 2.05) is 0 Å². The van der Waals surface area contributed by atoms with E-state index in [4.69, 9.17) is 10.2 Å². The first kappa shape index (κ1) is 12.8. The minimum atomic E-state index is -0.973. The molecule has 0 radical (unpaired) electrons. The number of nitrogens with zero attached hydrogens (tertiary/aromatic N) is 2. The molecule has 0 spiro atoms. The van der Waals surface area contributed by atoms with Gasteiger partial charge in [0, 0.05) is 12.7 Å². The molecule has 0 aliphatic carbocycles. The number of nitrogens with one attached hydrogen (secondary N) is 1. The van der Waals surface area contributed by atoms with Crippen LogP contribution in [0.1, 0.15) is 0 Å². The lowest BCUT2D eigenvalue weighted by Crippen LogP contribution is -2.23. The molecule has 1 aromatic rings. The maximum absolute atomic E-state index is 10.7. The van der Waals surface area contributed by atoms with Crippen LogP contribution in [-0.4, -0.2) is 39.4 Å². The molecular weight excluding hydrogens is 282 g/mol. The monoisotopic (exact) mass is 291 g/mol. The van der Waals surface area contributed by atoms with Crippen molar-refractivity contribution in [2.45, 2.75) is 6.10 Å². The maximum Gasteiger partial charge on any atom is 0.311 e. The maximum atomic E-state index is 10.7. The highest BCUT2D eigenvalue weighted by Crippen LogP contribution is 2.30. The zero-order chi connectivity index (χ0) is 12.1. The Bertz CT molecular complexity index is 388. The lowest BCUT2D eigenvalue weighted by atomic mass is 10.3. The average Bonchev–Trinajstić information content (AvgIpc) is 2.26. The molecule has 0 aliphatic heterocycles. The van der Waals surface area contributed by atoms with Crippen LogP contribution in [0.15, 0.2) is 16.9 Å². The van der Waals surface area contributed by atoms with E-state index < -0.39 is 17.6 Å². The molecule has 0 amide bonds. The van der Waals surface area contributed by atoms with Crippen molar-refractivity contribution in [3.05, 3.63) is 27.0 Å². The molecule has 1 rings (SSSR count). The summed E-state index contributed by atoms with van der Waals surface area (Å²) < 4.78 is 0.423. The van der Waals surface area contributed by atoms with Gasteiger partial charge in [-0.1, -0.05) is 0 Å². The number of hydrogen-bond donors (Lipinski definition) is 3. The fraction of sp³-hybridized carbons (Fsp3) is 0.375. The smallest absolute Gasteiger partial charge is 0.311 e. The van der Waals surface area contributed by atoms with Gasteiger partial charge in [-0.2, -0.15) is 0 Å². The van der Waals surface area contributed by atoms with E-state index in [0.717, 1.165) is 6.20 Å². The number of hydrogen-bond acceptors (Lipinski definition) is 6. The number of pyridine rings is 1. The number of rotatable bonds is 5. The van der Waals surface area contributed by atoms with Crippen LogP contribution in [0.5, 0.6) is 0 Å². The van der Waals surface area contributed by atoms with Gasteiger partial charge in [-0.05, 0) is 15.9 Å². The van der Waals surface area contributed by atoms with Gasteiger partial charge in [0.2, 0.25) is 0 Å². The van der Waals surface area contributed by atoms with Crippen LogP contribution in [0.4, 0.5) is 11.4 Å². The van der Waals surface area contributed by atoms with Crippen LogP contribution in [0, 0.1) is 10.1 Å². The molecule has 1 unspecified atom stereocenters. The summed E-state index contributed by atoms with van der Waals surface area (Å²) in [6.45, 7) is -0.399. The Balaban J connectivity index is 2.88. The van der Waals surface area contributed by atoms with Crippen molar-refractivity contribution in [1.29, 1.82) is 0 Å². The van der Waals surface area contributed by atoms with E-state index in [-0.39, 0.29) is 17.9 Å². The largest absolute Gasteiger partial charge is 0.394 e. The molecule has 3 N–H and O–H groups in total. The molecule has 1 atom stereocenters. The molecule has 16 heavy (non-hydrogen) atoms. The van der Waals surface area contributed by atoms with Crippen molar-refractivity contribution in [2.75, 3.05) is 18.5 Å². The third kappa shape index (κ3) is 3.12. The Morgan fingerprint density at radius 2 is 2.31 bits per heavy atom. The molecule has 1 aromatic heterocycles. The molecule has 8 heteroatoms. The molecule has 0 bridgehead atoms. The highest BCUT2D eigenvalue weighted by molar-refractivity contribution is 9.10. The average molecular weight is 292 g/mol. The number of halogens is 1. The quantitative estimate of drug-likeness (QED) is 0.539. The van der Waals surface area contributed by atoms with E-state index in [9.17, 15) is 10.1 Å². The second-order valence-corrected chi connectivity index (χ2v) is 3.84. The van der Waals surface area contributed by atoms with Crippen molar-refractivity contribution in [3.8, 4) is 0 Å². The molecular formula is C8H10BrN3O4. The third-order valence-corrected chi connectivity index (χ3v) is 2.40. The first-order valence-corrected chi connectivity index (χ1v) is 5.16. The van der Waals surface area contributed by atoms with Crippen LogP contribution in [-0.2, 0) is 0 Å². The topological polar surface area (TPSA) is 109 Å². The second kappa shape index (κ2) is 5.73. The summed E-state index contributed by atoms with van der Waals surface area (Å²) in [6.07, 6.45) is 1.54. The van der Waals surface area contributed by atoms with Crippen molar-refractivity contribution in [3.63, 3.8) is 0 Å². The first-order chi connectivity index (χ1) is 7.56. The summed E-state index contributed by atoms with van der Waals surface area (Å²) >= 11 is 3.11. The Morgan fingerprint density at radius 1 is 1.62 bits per heavy atom. The summed E-state index contributed by atoms with van der Waals surface area (Å²) in [7, 11) is 0. The summed E-state index contributed by atoms with van der Waals surface area (Å²) in [4.78, 5) is 13.8. The number of aromatic nitrogens is 1. The molecule has 0 fully saturated rings. The van der Waals surface area contributed by atoms with Crippen LogP contribution < -0.4 is 5.32 Å². The van der Waals surface area contributed by atoms with Crippen LogP contribution in [0.2, 0.25) is 0 Å². The van der Waals surface area contributed by atoms with E-state index in [1.54, 1.807) is 0 Å². The van der Waals surface area contributed by atoms with Gasteiger partial charge in [-0.3, -0.25) is 15.1 Å². The predicted octanol–water partition coefficient (Wildman–Crippen LogP) is 0.517.